The Hall–Kier alpha value is -3.24. The van der Waals surface area contributed by atoms with E-state index in [1.54, 1.807) is 42.4 Å². The Kier molecular flexibility index (Phi) is 7.30. The van der Waals surface area contributed by atoms with E-state index in [9.17, 15) is 14.0 Å². The lowest BCUT2D eigenvalue weighted by Crippen LogP contribution is -2.49. The fraction of sp³-hybridized carbons (Fsp3) is 0.222. The Labute approximate surface area is 229 Å². The first-order valence-corrected chi connectivity index (χ1v) is 13.3. The molecule has 1 saturated carbocycles. The van der Waals surface area contributed by atoms with Gasteiger partial charge in [0, 0.05) is 38.5 Å². The number of pyridine rings is 1. The minimum atomic E-state index is -1.03. The van der Waals surface area contributed by atoms with Crippen LogP contribution in [0.5, 0.6) is 11.5 Å². The number of hydrogen-bond donors (Lipinski definition) is 1. The molecule has 2 aromatic carbocycles. The largest absolute Gasteiger partial charge is 0.463 e. The number of carbonyl (C=O) groups is 2. The highest BCUT2D eigenvalue weighted by atomic mass is 79.9. The molecular formula is C27H22Br2FN3O4. The van der Waals surface area contributed by atoms with Crippen molar-refractivity contribution in [1.82, 2.24) is 15.2 Å². The number of aromatic nitrogens is 1. The first-order chi connectivity index (χ1) is 17.9. The number of urea groups is 1. The maximum absolute atomic E-state index is 14.6. The maximum atomic E-state index is 14.6. The van der Waals surface area contributed by atoms with Gasteiger partial charge in [0.2, 0.25) is 0 Å². The number of hydrogen-bond acceptors (Lipinski definition) is 5. The van der Waals surface area contributed by atoms with Crippen molar-refractivity contribution in [3.05, 3.63) is 92.4 Å². The van der Waals surface area contributed by atoms with Gasteiger partial charge >= 0.3 is 12.0 Å². The van der Waals surface area contributed by atoms with E-state index in [-0.39, 0.29) is 23.8 Å². The SMILES string of the molecule is CCOC(=O)C1=C(c2cncc(Br)c2)N(C2CC2)C(=O)NC1c1cc(F)ccc1Oc1ccc(Br)cc1. The lowest BCUT2D eigenvalue weighted by Gasteiger charge is -2.37. The highest BCUT2D eigenvalue weighted by Crippen LogP contribution is 2.44. The smallest absolute Gasteiger partial charge is 0.338 e. The fourth-order valence-electron chi connectivity index (χ4n) is 4.27. The second kappa shape index (κ2) is 10.6. The molecule has 1 unspecified atom stereocenters. The van der Waals surface area contributed by atoms with Crippen molar-refractivity contribution >= 4 is 49.6 Å². The number of rotatable bonds is 7. The molecule has 190 valence electrons. The Morgan fingerprint density at radius 3 is 2.54 bits per heavy atom. The molecular weight excluding hydrogens is 609 g/mol. The predicted octanol–water partition coefficient (Wildman–Crippen LogP) is 6.74. The van der Waals surface area contributed by atoms with Gasteiger partial charge in [0.1, 0.15) is 17.3 Å². The van der Waals surface area contributed by atoms with Crippen LogP contribution in [0.2, 0.25) is 0 Å². The van der Waals surface area contributed by atoms with E-state index in [1.165, 1.54) is 18.2 Å². The topological polar surface area (TPSA) is 80.8 Å². The molecule has 3 aromatic rings. The first-order valence-electron chi connectivity index (χ1n) is 11.7. The second-order valence-corrected chi connectivity index (χ2v) is 10.4. The minimum absolute atomic E-state index is 0.0645. The Morgan fingerprint density at radius 1 is 1.11 bits per heavy atom. The number of nitrogens with one attached hydrogen (secondary N) is 1. The fourth-order valence-corrected chi connectivity index (χ4v) is 4.90. The van der Waals surface area contributed by atoms with Gasteiger partial charge < -0.3 is 14.8 Å². The summed E-state index contributed by atoms with van der Waals surface area (Å²) >= 11 is 6.83. The lowest BCUT2D eigenvalue weighted by molar-refractivity contribution is -0.138. The zero-order valence-electron chi connectivity index (χ0n) is 19.7. The van der Waals surface area contributed by atoms with Gasteiger partial charge in [-0.1, -0.05) is 15.9 Å². The van der Waals surface area contributed by atoms with Crippen molar-refractivity contribution in [3.63, 3.8) is 0 Å². The number of nitrogens with zero attached hydrogens (tertiary/aromatic N) is 2. The molecule has 1 atom stereocenters. The van der Waals surface area contributed by atoms with Gasteiger partial charge in [0.05, 0.1) is 23.9 Å². The monoisotopic (exact) mass is 629 g/mol. The highest BCUT2D eigenvalue weighted by molar-refractivity contribution is 9.10. The number of esters is 1. The molecule has 1 aliphatic heterocycles. The maximum Gasteiger partial charge on any atom is 0.338 e. The van der Waals surface area contributed by atoms with Crippen LogP contribution in [-0.4, -0.2) is 34.5 Å². The third-order valence-electron chi connectivity index (χ3n) is 5.98. The van der Waals surface area contributed by atoms with E-state index in [0.29, 0.717) is 27.2 Å². The molecule has 0 radical (unpaired) electrons. The summed E-state index contributed by atoms with van der Waals surface area (Å²) in [7, 11) is 0. The van der Waals surface area contributed by atoms with E-state index in [4.69, 9.17) is 9.47 Å². The van der Waals surface area contributed by atoms with E-state index in [0.717, 1.165) is 17.3 Å². The van der Waals surface area contributed by atoms with Crippen molar-refractivity contribution in [1.29, 1.82) is 0 Å². The summed E-state index contributed by atoms with van der Waals surface area (Å²) in [6, 6.07) is 11.5. The summed E-state index contributed by atoms with van der Waals surface area (Å²) in [6.07, 6.45) is 4.82. The molecule has 7 nitrogen and oxygen atoms in total. The third-order valence-corrected chi connectivity index (χ3v) is 6.94. The van der Waals surface area contributed by atoms with Crippen LogP contribution in [-0.2, 0) is 9.53 Å². The van der Waals surface area contributed by atoms with Crippen molar-refractivity contribution in [2.45, 2.75) is 31.8 Å². The molecule has 2 heterocycles. The number of amides is 2. The Balaban J connectivity index is 1.71. The molecule has 1 aliphatic carbocycles. The molecule has 0 saturated heterocycles. The minimum Gasteiger partial charge on any atom is -0.463 e. The van der Waals surface area contributed by atoms with Gasteiger partial charge in [0.15, 0.2) is 0 Å². The standard InChI is InChI=1S/C27H22Br2FN3O4/c1-2-36-26(34)23-24(21-12-18(30)5-10-22(21)37-20-8-3-16(28)4-9-20)32-27(35)33(19-6-7-19)25(23)15-11-17(29)14-31-13-15/h3-5,8-14,19,24H,2,6-7H2,1H3,(H,32,35). The average molecular weight is 631 g/mol. The van der Waals surface area contributed by atoms with Crippen molar-refractivity contribution < 1.29 is 23.5 Å². The van der Waals surface area contributed by atoms with Gasteiger partial charge in [-0.3, -0.25) is 9.88 Å². The lowest BCUT2D eigenvalue weighted by atomic mass is 9.91. The van der Waals surface area contributed by atoms with Crippen LogP contribution in [0, 0.1) is 5.82 Å². The molecule has 1 fully saturated rings. The molecule has 10 heteroatoms. The van der Waals surface area contributed by atoms with Crippen LogP contribution >= 0.6 is 31.9 Å². The number of benzene rings is 2. The molecule has 0 bridgehead atoms. The Morgan fingerprint density at radius 2 is 1.86 bits per heavy atom. The predicted molar refractivity (Wildman–Crippen MR) is 142 cm³/mol. The van der Waals surface area contributed by atoms with Gasteiger partial charge in [-0.05, 0) is 84.2 Å². The summed E-state index contributed by atoms with van der Waals surface area (Å²) in [5, 5.41) is 2.91. The van der Waals surface area contributed by atoms with Crippen LogP contribution in [0.4, 0.5) is 9.18 Å². The average Bonchev–Trinajstić information content (AvgIpc) is 3.71. The van der Waals surface area contributed by atoms with Gasteiger partial charge in [-0.15, -0.1) is 0 Å². The summed E-state index contributed by atoms with van der Waals surface area (Å²) < 4.78 is 27.7. The molecule has 5 rings (SSSR count). The van der Waals surface area contributed by atoms with E-state index < -0.39 is 23.9 Å². The summed E-state index contributed by atoms with van der Waals surface area (Å²) in [4.78, 5) is 32.8. The van der Waals surface area contributed by atoms with Crippen LogP contribution in [0.3, 0.4) is 0 Å². The van der Waals surface area contributed by atoms with Gasteiger partial charge in [0.25, 0.3) is 0 Å². The van der Waals surface area contributed by atoms with E-state index >= 15 is 0 Å². The summed E-state index contributed by atoms with van der Waals surface area (Å²) in [6.45, 7) is 1.83. The quantitative estimate of drug-likeness (QED) is 0.293. The molecule has 2 aliphatic rings. The van der Waals surface area contributed by atoms with Crippen LogP contribution < -0.4 is 10.1 Å². The third kappa shape index (κ3) is 5.40. The van der Waals surface area contributed by atoms with Crippen LogP contribution in [0.1, 0.15) is 36.9 Å². The second-order valence-electron chi connectivity index (χ2n) is 8.60. The van der Waals surface area contributed by atoms with Gasteiger partial charge in [-0.25, -0.2) is 14.0 Å². The summed E-state index contributed by atoms with van der Waals surface area (Å²) in [5.41, 5.74) is 1.42. The number of halogens is 3. The van der Waals surface area contributed by atoms with Crippen LogP contribution in [0.15, 0.2) is 75.4 Å². The highest BCUT2D eigenvalue weighted by Gasteiger charge is 2.45. The van der Waals surface area contributed by atoms with Crippen molar-refractivity contribution in [2.75, 3.05) is 6.61 Å². The zero-order chi connectivity index (χ0) is 26.1. The van der Waals surface area contributed by atoms with Gasteiger partial charge in [-0.2, -0.15) is 0 Å². The van der Waals surface area contributed by atoms with Crippen molar-refractivity contribution in [3.8, 4) is 11.5 Å². The molecule has 2 amide bonds. The molecule has 1 N–H and O–H groups in total. The number of carbonyl (C=O) groups excluding carboxylic acids is 2. The Bertz CT molecular complexity index is 1390. The summed E-state index contributed by atoms with van der Waals surface area (Å²) in [5.74, 6) is -0.351. The molecule has 0 spiro atoms. The molecule has 37 heavy (non-hydrogen) atoms. The molecule has 1 aromatic heterocycles. The zero-order valence-corrected chi connectivity index (χ0v) is 22.9. The van der Waals surface area contributed by atoms with Crippen molar-refractivity contribution in [2.24, 2.45) is 0 Å². The number of ether oxygens (including phenoxy) is 2. The van der Waals surface area contributed by atoms with Crippen LogP contribution in [0.25, 0.3) is 5.70 Å². The normalized spacial score (nSPS) is 17.5. The van der Waals surface area contributed by atoms with E-state index in [2.05, 4.69) is 42.2 Å². The first kappa shape index (κ1) is 25.4. The van der Waals surface area contributed by atoms with E-state index in [1.807, 2.05) is 12.1 Å².